The van der Waals surface area contributed by atoms with E-state index in [4.69, 9.17) is 5.73 Å². The van der Waals surface area contributed by atoms with Crippen LogP contribution >= 0.6 is 15.9 Å². The van der Waals surface area contributed by atoms with Crippen molar-refractivity contribution in [2.75, 3.05) is 18.4 Å². The summed E-state index contributed by atoms with van der Waals surface area (Å²) in [4.78, 5) is 32.3. The minimum absolute atomic E-state index is 0.00626. The predicted molar refractivity (Wildman–Crippen MR) is 110 cm³/mol. The lowest BCUT2D eigenvalue weighted by molar-refractivity contribution is 0.0255. The van der Waals surface area contributed by atoms with Crippen LogP contribution in [0.1, 0.15) is 21.6 Å². The number of hydrogen-bond donors (Lipinski definition) is 3. The molecule has 2 aromatic rings. The molecule has 1 aliphatic heterocycles. The molecule has 0 spiro atoms. The van der Waals surface area contributed by atoms with Gasteiger partial charge in [0.1, 0.15) is 17.3 Å². The van der Waals surface area contributed by atoms with Gasteiger partial charge in [-0.25, -0.2) is 22.9 Å². The fraction of sp³-hybridized carbons (Fsp3) is 0.263. The van der Waals surface area contributed by atoms with Gasteiger partial charge < -0.3 is 16.2 Å². The molecule has 0 radical (unpaired) electrons. The summed E-state index contributed by atoms with van der Waals surface area (Å²) in [6, 6.07) is 4.75. The summed E-state index contributed by atoms with van der Waals surface area (Å²) in [6.07, 6.45) is -3.35. The van der Waals surface area contributed by atoms with Gasteiger partial charge in [-0.3, -0.25) is 14.7 Å². The number of amidine groups is 1. The molecule has 3 rings (SSSR count). The Hall–Kier alpha value is -3.15. The molecule has 1 atom stereocenters. The van der Waals surface area contributed by atoms with E-state index in [1.165, 1.54) is 12.3 Å². The highest BCUT2D eigenvalue weighted by Crippen LogP contribution is 2.38. The molecular weight excluding hydrogens is 483 g/mol. The van der Waals surface area contributed by atoms with Gasteiger partial charge >= 0.3 is 6.09 Å². The maximum Gasteiger partial charge on any atom is 0.407 e. The summed E-state index contributed by atoms with van der Waals surface area (Å²) in [6.45, 7) is 0.479. The van der Waals surface area contributed by atoms with E-state index in [9.17, 15) is 27.9 Å². The quantitative estimate of drug-likeness (QED) is 0.595. The molecule has 8 nitrogen and oxygen atoms in total. The normalized spacial score (nSPS) is 18.6. The lowest BCUT2D eigenvalue weighted by Gasteiger charge is -2.38. The first-order valence-corrected chi connectivity index (χ1v) is 9.66. The van der Waals surface area contributed by atoms with Crippen LogP contribution in [0.4, 0.5) is 23.7 Å². The number of aromatic nitrogens is 1. The third kappa shape index (κ3) is 4.48. The number of aliphatic imine (C=N–C) groups is 1. The predicted octanol–water partition coefficient (Wildman–Crippen LogP) is 3.36. The monoisotopic (exact) mass is 499 g/mol. The number of carboxylic acid groups (broad SMARTS) is 1. The van der Waals surface area contributed by atoms with Crippen LogP contribution in [0.15, 0.2) is 39.9 Å². The number of pyridine rings is 1. The molecule has 2 heterocycles. The Balaban J connectivity index is 2.02. The minimum Gasteiger partial charge on any atom is -0.465 e. The van der Waals surface area contributed by atoms with Crippen molar-refractivity contribution in [1.29, 1.82) is 0 Å². The van der Waals surface area contributed by atoms with Crippen molar-refractivity contribution in [2.24, 2.45) is 10.7 Å². The summed E-state index contributed by atoms with van der Waals surface area (Å²) < 4.78 is 43.6. The molecule has 12 heteroatoms. The van der Waals surface area contributed by atoms with Crippen LogP contribution in [0.5, 0.6) is 0 Å². The topological polar surface area (TPSA) is 121 Å². The number of nitrogens with two attached hydrogens (primary N) is 1. The van der Waals surface area contributed by atoms with Crippen molar-refractivity contribution >= 4 is 39.5 Å². The van der Waals surface area contributed by atoms with Gasteiger partial charge in [-0.1, -0.05) is 0 Å². The van der Waals surface area contributed by atoms with Crippen LogP contribution in [0, 0.1) is 12.7 Å². The van der Waals surface area contributed by atoms with E-state index in [1.807, 2.05) is 0 Å². The number of hydrogen-bond acceptors (Lipinski definition) is 5. The molecule has 31 heavy (non-hydrogen) atoms. The van der Waals surface area contributed by atoms with Gasteiger partial charge in [0.25, 0.3) is 12.3 Å². The van der Waals surface area contributed by atoms with Gasteiger partial charge in [-0.2, -0.15) is 0 Å². The molecule has 2 amide bonds. The second kappa shape index (κ2) is 8.53. The Kier molecular flexibility index (Phi) is 6.20. The molecule has 1 aromatic carbocycles. The van der Waals surface area contributed by atoms with E-state index in [1.54, 1.807) is 13.0 Å². The molecule has 1 aliphatic rings. The Labute approximate surface area is 183 Å². The summed E-state index contributed by atoms with van der Waals surface area (Å²) in [5.41, 5.74) is 3.10. The van der Waals surface area contributed by atoms with E-state index < -0.39 is 41.9 Å². The summed E-state index contributed by atoms with van der Waals surface area (Å²) in [5.74, 6) is -2.05. The first kappa shape index (κ1) is 22.5. The van der Waals surface area contributed by atoms with Crippen molar-refractivity contribution in [3.8, 4) is 0 Å². The Morgan fingerprint density at radius 2 is 2.06 bits per heavy atom. The highest BCUT2D eigenvalue weighted by Gasteiger charge is 2.48. The van der Waals surface area contributed by atoms with Gasteiger partial charge in [0.2, 0.25) is 0 Å². The zero-order chi connectivity index (χ0) is 22.9. The van der Waals surface area contributed by atoms with Gasteiger partial charge in [0, 0.05) is 21.9 Å². The van der Waals surface area contributed by atoms with Crippen LogP contribution in [0.2, 0.25) is 0 Å². The minimum atomic E-state index is -3.27. The SMILES string of the molecule is Cc1cc(Br)cnc1C(=O)Nc1ccc(F)c(C2(C(F)F)CN(C(=O)O)CC(N)=N2)c1. The first-order chi connectivity index (χ1) is 14.5. The van der Waals surface area contributed by atoms with E-state index >= 15 is 0 Å². The van der Waals surface area contributed by atoms with E-state index in [2.05, 4.69) is 31.2 Å². The Morgan fingerprint density at radius 3 is 2.68 bits per heavy atom. The smallest absolute Gasteiger partial charge is 0.407 e. The molecule has 164 valence electrons. The van der Waals surface area contributed by atoms with Gasteiger partial charge in [-0.05, 0) is 52.7 Å². The molecule has 0 saturated carbocycles. The maximum atomic E-state index is 14.6. The number of benzene rings is 1. The molecular formula is C19H17BrF3N5O3. The zero-order valence-corrected chi connectivity index (χ0v) is 17.7. The molecule has 0 bridgehead atoms. The second-order valence-corrected chi connectivity index (χ2v) is 7.85. The standard InChI is InChI=1S/C19H17BrF3N5O3/c1-9-4-10(20)6-25-15(9)16(29)26-11-2-3-13(21)12(5-11)19(17(22)23)8-28(18(30)31)7-14(24)27-19/h2-6,17H,7-8H2,1H3,(H2,24,27)(H,26,29)(H,30,31). The third-order valence-electron chi connectivity index (χ3n) is 4.71. The van der Waals surface area contributed by atoms with Crippen LogP contribution in [-0.4, -0.2) is 52.3 Å². The van der Waals surface area contributed by atoms with Crippen molar-refractivity contribution in [1.82, 2.24) is 9.88 Å². The average Bonchev–Trinajstić information content (AvgIpc) is 2.68. The molecule has 0 saturated heterocycles. The zero-order valence-electron chi connectivity index (χ0n) is 16.1. The number of nitrogens with zero attached hydrogens (tertiary/aromatic N) is 3. The average molecular weight is 500 g/mol. The maximum absolute atomic E-state index is 14.6. The number of rotatable bonds is 4. The fourth-order valence-electron chi connectivity index (χ4n) is 3.29. The van der Waals surface area contributed by atoms with Crippen molar-refractivity contribution in [3.63, 3.8) is 0 Å². The van der Waals surface area contributed by atoms with Crippen molar-refractivity contribution < 1.29 is 27.9 Å². The van der Waals surface area contributed by atoms with Crippen molar-refractivity contribution in [2.45, 2.75) is 18.9 Å². The lowest BCUT2D eigenvalue weighted by atomic mass is 9.88. The second-order valence-electron chi connectivity index (χ2n) is 6.93. The highest BCUT2D eigenvalue weighted by atomic mass is 79.9. The number of nitrogens with one attached hydrogen (secondary N) is 1. The number of carbonyl (C=O) groups excluding carboxylic acids is 1. The summed E-state index contributed by atoms with van der Waals surface area (Å²) in [5, 5.41) is 11.7. The highest BCUT2D eigenvalue weighted by molar-refractivity contribution is 9.10. The number of alkyl halides is 2. The molecule has 0 aliphatic carbocycles. The molecule has 0 fully saturated rings. The van der Waals surface area contributed by atoms with E-state index in [0.717, 1.165) is 12.1 Å². The molecule has 4 N–H and O–H groups in total. The lowest BCUT2D eigenvalue weighted by Crippen LogP contribution is -2.54. The Morgan fingerprint density at radius 1 is 1.35 bits per heavy atom. The molecule has 1 aromatic heterocycles. The number of amides is 2. The summed E-state index contributed by atoms with van der Waals surface area (Å²) in [7, 11) is 0. The van der Waals surface area contributed by atoms with Gasteiger partial charge in [0.05, 0.1) is 13.1 Å². The third-order valence-corrected chi connectivity index (χ3v) is 5.14. The van der Waals surface area contributed by atoms with Gasteiger partial charge in [0.15, 0.2) is 5.54 Å². The summed E-state index contributed by atoms with van der Waals surface area (Å²) >= 11 is 3.24. The number of carbonyl (C=O) groups is 2. The number of aryl methyl sites for hydroxylation is 1. The largest absolute Gasteiger partial charge is 0.465 e. The molecule has 1 unspecified atom stereocenters. The number of anilines is 1. The van der Waals surface area contributed by atoms with Crippen LogP contribution < -0.4 is 11.1 Å². The van der Waals surface area contributed by atoms with E-state index in [-0.39, 0.29) is 23.8 Å². The van der Waals surface area contributed by atoms with Crippen LogP contribution in [-0.2, 0) is 5.54 Å². The van der Waals surface area contributed by atoms with Crippen molar-refractivity contribution in [3.05, 3.63) is 57.6 Å². The van der Waals surface area contributed by atoms with Crippen LogP contribution in [0.25, 0.3) is 0 Å². The van der Waals surface area contributed by atoms with Gasteiger partial charge in [-0.15, -0.1) is 0 Å². The fourth-order valence-corrected chi connectivity index (χ4v) is 3.73. The van der Waals surface area contributed by atoms with Crippen LogP contribution in [0.3, 0.4) is 0 Å². The van der Waals surface area contributed by atoms with E-state index in [0.29, 0.717) is 14.9 Å². The Bertz CT molecular complexity index is 1080. The number of halogens is 4. The first-order valence-electron chi connectivity index (χ1n) is 8.87.